The Morgan fingerprint density at radius 2 is 1.09 bits per heavy atom. The SMILES string of the molecule is CO[Si](OC)(OC)c1ccc(C(C)[Si](OC)(OC)OC)cc1. The van der Waals surface area contributed by atoms with Gasteiger partial charge < -0.3 is 26.6 Å². The Labute approximate surface area is 135 Å². The summed E-state index contributed by atoms with van der Waals surface area (Å²) in [7, 11) is 4.08. The molecule has 0 fully saturated rings. The van der Waals surface area contributed by atoms with E-state index < -0.39 is 17.6 Å². The Balaban J connectivity index is 3.11. The molecule has 0 saturated carbocycles. The zero-order valence-electron chi connectivity index (χ0n) is 14.3. The highest BCUT2D eigenvalue weighted by Crippen LogP contribution is 2.28. The van der Waals surface area contributed by atoms with Gasteiger partial charge in [-0.15, -0.1) is 0 Å². The molecule has 0 amide bonds. The molecule has 22 heavy (non-hydrogen) atoms. The summed E-state index contributed by atoms with van der Waals surface area (Å²) >= 11 is 0. The third kappa shape index (κ3) is 3.49. The van der Waals surface area contributed by atoms with E-state index in [1.807, 2.05) is 31.2 Å². The molecule has 6 nitrogen and oxygen atoms in total. The van der Waals surface area contributed by atoms with Crippen LogP contribution in [0.15, 0.2) is 24.3 Å². The highest BCUT2D eigenvalue weighted by Gasteiger charge is 2.46. The molecule has 0 radical (unpaired) electrons. The van der Waals surface area contributed by atoms with Crippen molar-refractivity contribution in [2.75, 3.05) is 42.7 Å². The summed E-state index contributed by atoms with van der Waals surface area (Å²) in [5, 5.41) is 0.899. The monoisotopic (exact) mass is 346 g/mol. The van der Waals surface area contributed by atoms with Crippen LogP contribution in [0.3, 0.4) is 0 Å². The van der Waals surface area contributed by atoms with Gasteiger partial charge in [-0.25, -0.2) is 0 Å². The van der Waals surface area contributed by atoms with Gasteiger partial charge in [-0.05, 0) is 5.56 Å². The summed E-state index contributed by atoms with van der Waals surface area (Å²) in [6, 6.07) is 7.90. The predicted octanol–water partition coefficient (Wildman–Crippen LogP) is 1.29. The molecular weight excluding hydrogens is 320 g/mol. The maximum absolute atomic E-state index is 5.54. The van der Waals surface area contributed by atoms with Crippen molar-refractivity contribution in [1.82, 2.24) is 0 Å². The van der Waals surface area contributed by atoms with Crippen molar-refractivity contribution in [1.29, 1.82) is 0 Å². The highest BCUT2D eigenvalue weighted by atomic mass is 28.4. The molecule has 0 aliphatic rings. The van der Waals surface area contributed by atoms with E-state index in [2.05, 4.69) is 0 Å². The van der Waals surface area contributed by atoms with Gasteiger partial charge in [0.1, 0.15) is 0 Å². The van der Waals surface area contributed by atoms with E-state index in [0.717, 1.165) is 10.8 Å². The van der Waals surface area contributed by atoms with Crippen LogP contribution in [-0.2, 0) is 26.6 Å². The normalized spacial score (nSPS) is 14.1. The number of benzene rings is 1. The third-order valence-corrected chi connectivity index (χ3v) is 9.71. The molecule has 0 bridgehead atoms. The van der Waals surface area contributed by atoms with Gasteiger partial charge in [0.25, 0.3) is 0 Å². The van der Waals surface area contributed by atoms with Gasteiger partial charge in [-0.1, -0.05) is 31.2 Å². The predicted molar refractivity (Wildman–Crippen MR) is 88.1 cm³/mol. The Hall–Kier alpha value is -0.586. The first-order valence-corrected chi connectivity index (χ1v) is 10.4. The molecular formula is C14H26O6Si2. The van der Waals surface area contributed by atoms with E-state index in [1.54, 1.807) is 42.7 Å². The van der Waals surface area contributed by atoms with Crippen LogP contribution in [0, 0.1) is 0 Å². The largest absolute Gasteiger partial charge is 0.536 e. The lowest BCUT2D eigenvalue weighted by Gasteiger charge is -2.31. The van der Waals surface area contributed by atoms with E-state index in [9.17, 15) is 0 Å². The molecule has 0 N–H and O–H groups in total. The summed E-state index contributed by atoms with van der Waals surface area (Å²) in [6.07, 6.45) is 0. The average Bonchev–Trinajstić information content (AvgIpc) is 2.59. The lowest BCUT2D eigenvalue weighted by Crippen LogP contribution is -2.54. The Kier molecular flexibility index (Phi) is 7.36. The minimum Gasteiger partial charge on any atom is -0.376 e. The first-order chi connectivity index (χ1) is 10.5. The fraction of sp³-hybridized carbons (Fsp3) is 0.571. The molecule has 1 aromatic carbocycles. The second-order valence-corrected chi connectivity index (χ2v) is 10.9. The molecule has 126 valence electrons. The van der Waals surface area contributed by atoms with Gasteiger partial charge in [0.2, 0.25) is 0 Å². The van der Waals surface area contributed by atoms with Gasteiger partial charge in [0, 0.05) is 47.8 Å². The van der Waals surface area contributed by atoms with Gasteiger partial charge in [0.05, 0.1) is 5.54 Å². The number of hydrogen-bond donors (Lipinski definition) is 0. The Bertz CT molecular complexity index is 429. The van der Waals surface area contributed by atoms with E-state index in [0.29, 0.717) is 0 Å². The van der Waals surface area contributed by atoms with Gasteiger partial charge >= 0.3 is 17.6 Å². The maximum atomic E-state index is 5.54. The van der Waals surface area contributed by atoms with Crippen LogP contribution in [0.25, 0.3) is 0 Å². The van der Waals surface area contributed by atoms with E-state index in [1.165, 1.54) is 0 Å². The standard InChI is InChI=1S/C14H26O6Si2/c1-12(21(15-2,16-3)17-4)13-8-10-14(11-9-13)22(18-5,19-6)20-7/h8-12H,1-7H3. The molecule has 1 rings (SSSR count). The Morgan fingerprint density at radius 1 is 0.682 bits per heavy atom. The zero-order valence-corrected chi connectivity index (χ0v) is 16.3. The second kappa shape index (κ2) is 8.32. The van der Waals surface area contributed by atoms with Gasteiger partial charge in [-0.3, -0.25) is 0 Å². The summed E-state index contributed by atoms with van der Waals surface area (Å²) in [6.45, 7) is 2.03. The van der Waals surface area contributed by atoms with Gasteiger partial charge in [0.15, 0.2) is 0 Å². The van der Waals surface area contributed by atoms with Crippen molar-refractivity contribution in [2.24, 2.45) is 0 Å². The topological polar surface area (TPSA) is 55.4 Å². The van der Waals surface area contributed by atoms with E-state index in [4.69, 9.17) is 26.6 Å². The lowest BCUT2D eigenvalue weighted by molar-refractivity contribution is 0.114. The average molecular weight is 347 g/mol. The van der Waals surface area contributed by atoms with Crippen LogP contribution in [0.5, 0.6) is 0 Å². The van der Waals surface area contributed by atoms with Crippen molar-refractivity contribution in [3.8, 4) is 0 Å². The van der Waals surface area contributed by atoms with Crippen LogP contribution in [0.4, 0.5) is 0 Å². The fourth-order valence-corrected chi connectivity index (χ4v) is 6.51. The van der Waals surface area contributed by atoms with Crippen molar-refractivity contribution in [2.45, 2.75) is 12.5 Å². The van der Waals surface area contributed by atoms with Crippen LogP contribution in [0.2, 0.25) is 0 Å². The van der Waals surface area contributed by atoms with Crippen LogP contribution >= 0.6 is 0 Å². The molecule has 0 aliphatic heterocycles. The molecule has 0 saturated heterocycles. The number of hydrogen-bond acceptors (Lipinski definition) is 6. The first kappa shape index (κ1) is 19.5. The molecule has 1 atom stereocenters. The minimum absolute atomic E-state index is 0.00486. The summed E-state index contributed by atoms with van der Waals surface area (Å²) < 4.78 is 33.1. The van der Waals surface area contributed by atoms with Gasteiger partial charge in [-0.2, -0.15) is 0 Å². The van der Waals surface area contributed by atoms with Crippen LogP contribution in [-0.4, -0.2) is 60.3 Å². The summed E-state index contributed by atoms with van der Waals surface area (Å²) in [5.41, 5.74) is 1.07. The summed E-state index contributed by atoms with van der Waals surface area (Å²) in [4.78, 5) is 0. The van der Waals surface area contributed by atoms with E-state index in [-0.39, 0.29) is 5.54 Å². The van der Waals surface area contributed by atoms with Crippen molar-refractivity contribution in [3.05, 3.63) is 29.8 Å². The minimum atomic E-state index is -2.80. The van der Waals surface area contributed by atoms with E-state index >= 15 is 0 Å². The summed E-state index contributed by atoms with van der Waals surface area (Å²) in [5.74, 6) is 0. The molecule has 1 unspecified atom stereocenters. The first-order valence-electron chi connectivity index (χ1n) is 6.90. The second-order valence-electron chi connectivity index (χ2n) is 4.73. The number of rotatable bonds is 9. The molecule has 0 aromatic heterocycles. The van der Waals surface area contributed by atoms with Crippen molar-refractivity contribution >= 4 is 22.8 Å². The quantitative estimate of drug-likeness (QED) is 0.628. The third-order valence-electron chi connectivity index (χ3n) is 3.95. The van der Waals surface area contributed by atoms with Crippen LogP contribution in [0.1, 0.15) is 18.0 Å². The van der Waals surface area contributed by atoms with Crippen molar-refractivity contribution < 1.29 is 26.6 Å². The maximum Gasteiger partial charge on any atom is 0.536 e. The fourth-order valence-electron chi connectivity index (χ4n) is 2.56. The van der Waals surface area contributed by atoms with Crippen molar-refractivity contribution in [3.63, 3.8) is 0 Å². The molecule has 0 aliphatic carbocycles. The molecule has 8 heteroatoms. The molecule has 0 spiro atoms. The lowest BCUT2D eigenvalue weighted by atomic mass is 10.2. The highest BCUT2D eigenvalue weighted by molar-refractivity contribution is 6.75. The zero-order chi connectivity index (χ0) is 16.8. The van der Waals surface area contributed by atoms with Crippen LogP contribution < -0.4 is 5.19 Å². The smallest absolute Gasteiger partial charge is 0.376 e. The molecule has 0 heterocycles. The Morgan fingerprint density at radius 3 is 1.41 bits per heavy atom. The molecule has 1 aromatic rings.